The summed E-state index contributed by atoms with van der Waals surface area (Å²) in [4.78, 5) is 4.30. The van der Waals surface area contributed by atoms with E-state index < -0.39 is 12.6 Å². The third-order valence-electron chi connectivity index (χ3n) is 3.20. The zero-order chi connectivity index (χ0) is 14.6. The number of hydrogen-bond donors (Lipinski definition) is 1. The first kappa shape index (κ1) is 14.8. The third kappa shape index (κ3) is 3.70. The standard InChI is InChI=1S/C15H17F3N2/c1-2-19-13(7-9-15(16,17)18)14-12-6-4-3-5-11(12)8-10-20-14/h3-6,8,10,13,19H,2,7,9H2,1H3. The van der Waals surface area contributed by atoms with Crippen LogP contribution in [0.15, 0.2) is 36.5 Å². The van der Waals surface area contributed by atoms with Crippen LogP contribution in [0.5, 0.6) is 0 Å². The molecule has 0 radical (unpaired) electrons. The van der Waals surface area contributed by atoms with Gasteiger partial charge in [0.15, 0.2) is 0 Å². The number of nitrogens with one attached hydrogen (secondary N) is 1. The zero-order valence-corrected chi connectivity index (χ0v) is 11.2. The van der Waals surface area contributed by atoms with Crippen molar-refractivity contribution in [1.82, 2.24) is 10.3 Å². The number of rotatable bonds is 5. The maximum Gasteiger partial charge on any atom is 0.389 e. The van der Waals surface area contributed by atoms with Crippen LogP contribution in [0.4, 0.5) is 13.2 Å². The van der Waals surface area contributed by atoms with E-state index in [1.165, 1.54) is 0 Å². The van der Waals surface area contributed by atoms with Gasteiger partial charge in [-0.15, -0.1) is 0 Å². The van der Waals surface area contributed by atoms with Gasteiger partial charge in [0.2, 0.25) is 0 Å². The van der Waals surface area contributed by atoms with Gasteiger partial charge in [-0.05, 0) is 24.4 Å². The first-order valence-corrected chi connectivity index (χ1v) is 6.65. The summed E-state index contributed by atoms with van der Waals surface area (Å²) in [5.74, 6) is 0. The summed E-state index contributed by atoms with van der Waals surface area (Å²) in [6.07, 6.45) is -3.30. The minimum absolute atomic E-state index is 0.00164. The van der Waals surface area contributed by atoms with Crippen LogP contribution < -0.4 is 5.32 Å². The number of aromatic nitrogens is 1. The second-order valence-corrected chi connectivity index (χ2v) is 4.68. The molecule has 0 bridgehead atoms. The lowest BCUT2D eigenvalue weighted by Crippen LogP contribution is -2.24. The predicted octanol–water partition coefficient (Wildman–Crippen LogP) is 4.23. The number of pyridine rings is 1. The molecule has 0 spiro atoms. The maximum atomic E-state index is 12.4. The smallest absolute Gasteiger partial charge is 0.309 e. The van der Waals surface area contributed by atoms with Crippen molar-refractivity contribution in [2.24, 2.45) is 0 Å². The first-order chi connectivity index (χ1) is 9.51. The van der Waals surface area contributed by atoms with E-state index in [4.69, 9.17) is 0 Å². The molecule has 2 rings (SSSR count). The van der Waals surface area contributed by atoms with Crippen LogP contribution in [-0.2, 0) is 0 Å². The molecule has 1 aromatic carbocycles. The molecule has 1 aromatic heterocycles. The van der Waals surface area contributed by atoms with E-state index in [9.17, 15) is 13.2 Å². The van der Waals surface area contributed by atoms with Crippen LogP contribution in [0.25, 0.3) is 10.8 Å². The highest BCUT2D eigenvalue weighted by atomic mass is 19.4. The van der Waals surface area contributed by atoms with Crippen LogP contribution in [-0.4, -0.2) is 17.7 Å². The van der Waals surface area contributed by atoms with Crippen LogP contribution in [0, 0.1) is 0 Å². The molecule has 0 aliphatic heterocycles. The molecule has 1 N–H and O–H groups in total. The molecule has 1 heterocycles. The third-order valence-corrected chi connectivity index (χ3v) is 3.20. The highest BCUT2D eigenvalue weighted by Crippen LogP contribution is 2.29. The Bertz CT molecular complexity index is 561. The number of fused-ring (bicyclic) bond motifs is 1. The van der Waals surface area contributed by atoms with E-state index >= 15 is 0 Å². The molecule has 108 valence electrons. The van der Waals surface area contributed by atoms with Crippen molar-refractivity contribution in [3.8, 4) is 0 Å². The van der Waals surface area contributed by atoms with Gasteiger partial charge in [0.05, 0.1) is 11.7 Å². The summed E-state index contributed by atoms with van der Waals surface area (Å²) in [6, 6.07) is 9.10. The Labute approximate surface area is 116 Å². The van der Waals surface area contributed by atoms with E-state index in [1.54, 1.807) is 6.20 Å². The quantitative estimate of drug-likeness (QED) is 0.887. The fourth-order valence-electron chi connectivity index (χ4n) is 2.31. The molecule has 0 amide bonds. The van der Waals surface area contributed by atoms with E-state index in [0.29, 0.717) is 12.2 Å². The molecule has 1 atom stereocenters. The van der Waals surface area contributed by atoms with Gasteiger partial charge in [0, 0.05) is 18.0 Å². The van der Waals surface area contributed by atoms with Crippen molar-refractivity contribution in [2.45, 2.75) is 32.0 Å². The molecular weight excluding hydrogens is 265 g/mol. The Morgan fingerprint density at radius 3 is 2.65 bits per heavy atom. The Morgan fingerprint density at radius 1 is 1.20 bits per heavy atom. The molecule has 5 heteroatoms. The lowest BCUT2D eigenvalue weighted by molar-refractivity contribution is -0.136. The summed E-state index contributed by atoms with van der Waals surface area (Å²) in [5, 5.41) is 5.00. The molecule has 0 aliphatic rings. The van der Waals surface area contributed by atoms with Crippen molar-refractivity contribution in [3.63, 3.8) is 0 Å². The highest BCUT2D eigenvalue weighted by molar-refractivity contribution is 5.84. The average Bonchev–Trinajstić information content (AvgIpc) is 2.42. The largest absolute Gasteiger partial charge is 0.389 e. The summed E-state index contributed by atoms with van der Waals surface area (Å²) in [6.45, 7) is 2.49. The van der Waals surface area contributed by atoms with Gasteiger partial charge in [-0.2, -0.15) is 13.2 Å². The second kappa shape index (κ2) is 6.22. The Kier molecular flexibility index (Phi) is 4.60. The van der Waals surface area contributed by atoms with Crippen molar-refractivity contribution >= 4 is 10.8 Å². The van der Waals surface area contributed by atoms with Gasteiger partial charge < -0.3 is 5.32 Å². The average molecular weight is 282 g/mol. The summed E-state index contributed by atoms with van der Waals surface area (Å²) in [5.41, 5.74) is 0.689. The lowest BCUT2D eigenvalue weighted by atomic mass is 10.0. The topological polar surface area (TPSA) is 24.9 Å². The predicted molar refractivity (Wildman–Crippen MR) is 73.4 cm³/mol. The number of hydrogen-bond acceptors (Lipinski definition) is 2. The summed E-state index contributed by atoms with van der Waals surface area (Å²) >= 11 is 0. The first-order valence-electron chi connectivity index (χ1n) is 6.65. The Morgan fingerprint density at radius 2 is 1.95 bits per heavy atom. The van der Waals surface area contributed by atoms with Gasteiger partial charge in [0.25, 0.3) is 0 Å². The molecule has 2 aromatic rings. The summed E-state index contributed by atoms with van der Waals surface area (Å²) < 4.78 is 37.3. The monoisotopic (exact) mass is 282 g/mol. The molecular formula is C15H17F3N2. The molecule has 1 unspecified atom stereocenters. The zero-order valence-electron chi connectivity index (χ0n) is 11.2. The minimum Gasteiger partial charge on any atom is -0.309 e. The van der Waals surface area contributed by atoms with Crippen molar-refractivity contribution in [3.05, 3.63) is 42.2 Å². The molecule has 0 aliphatic carbocycles. The van der Waals surface area contributed by atoms with Crippen LogP contribution in [0.2, 0.25) is 0 Å². The van der Waals surface area contributed by atoms with Crippen molar-refractivity contribution in [1.29, 1.82) is 0 Å². The van der Waals surface area contributed by atoms with E-state index in [2.05, 4.69) is 10.3 Å². The van der Waals surface area contributed by atoms with Gasteiger partial charge >= 0.3 is 6.18 Å². The number of nitrogens with zero attached hydrogens (tertiary/aromatic N) is 1. The molecule has 0 fully saturated rings. The van der Waals surface area contributed by atoms with Gasteiger partial charge in [-0.1, -0.05) is 31.2 Å². The van der Waals surface area contributed by atoms with E-state index in [-0.39, 0.29) is 12.5 Å². The fourth-order valence-corrected chi connectivity index (χ4v) is 2.31. The van der Waals surface area contributed by atoms with Gasteiger partial charge in [-0.3, -0.25) is 4.98 Å². The number of benzene rings is 1. The van der Waals surface area contributed by atoms with Crippen LogP contribution >= 0.6 is 0 Å². The Hall–Kier alpha value is -1.62. The number of alkyl halides is 3. The highest BCUT2D eigenvalue weighted by Gasteiger charge is 2.29. The minimum atomic E-state index is -4.14. The molecule has 20 heavy (non-hydrogen) atoms. The van der Waals surface area contributed by atoms with Crippen LogP contribution in [0.1, 0.15) is 31.5 Å². The Balaban J connectivity index is 2.31. The van der Waals surface area contributed by atoms with Crippen LogP contribution in [0.3, 0.4) is 0 Å². The molecule has 2 nitrogen and oxygen atoms in total. The van der Waals surface area contributed by atoms with Gasteiger partial charge in [-0.25, -0.2) is 0 Å². The van der Waals surface area contributed by atoms with E-state index in [1.807, 2.05) is 37.3 Å². The lowest BCUT2D eigenvalue weighted by Gasteiger charge is -2.19. The summed E-state index contributed by atoms with van der Waals surface area (Å²) in [7, 11) is 0. The second-order valence-electron chi connectivity index (χ2n) is 4.68. The molecule has 0 saturated heterocycles. The number of halogens is 3. The fraction of sp³-hybridized carbons (Fsp3) is 0.400. The normalized spacial score (nSPS) is 13.6. The maximum absolute atomic E-state index is 12.4. The van der Waals surface area contributed by atoms with Gasteiger partial charge in [0.1, 0.15) is 0 Å². The van der Waals surface area contributed by atoms with Crippen molar-refractivity contribution in [2.75, 3.05) is 6.54 Å². The SMILES string of the molecule is CCNC(CCC(F)(F)F)c1nccc2ccccc12. The molecule has 0 saturated carbocycles. The van der Waals surface area contributed by atoms with E-state index in [0.717, 1.165) is 10.8 Å². The van der Waals surface area contributed by atoms with Crippen molar-refractivity contribution < 1.29 is 13.2 Å².